The number of nitriles is 4. The second-order valence-electron chi connectivity index (χ2n) is 4.24. The Balaban J connectivity index is 3.58. The zero-order chi connectivity index (χ0) is 15.2. The molecule has 0 spiro atoms. The summed E-state index contributed by atoms with van der Waals surface area (Å²) in [6, 6.07) is 15.0. The molecular weight excluding hydrogens is 252 g/mol. The molecular formula is C15H10N4O. The standard InChI is InChI=1S/C15H10N4O/c1-11(20)14(12-5-3-2-4-6-12)15(9-18,10-19)13(7-16)8-17/h2-6,13-14H,1H3/t14-/m1/s1. The van der Waals surface area contributed by atoms with E-state index in [1.54, 1.807) is 54.6 Å². The highest BCUT2D eigenvalue weighted by atomic mass is 16.1. The Morgan fingerprint density at radius 2 is 1.55 bits per heavy atom. The van der Waals surface area contributed by atoms with Gasteiger partial charge in [0.25, 0.3) is 0 Å². The molecule has 96 valence electrons. The van der Waals surface area contributed by atoms with Crippen LogP contribution >= 0.6 is 0 Å². The van der Waals surface area contributed by atoms with Gasteiger partial charge in [0, 0.05) is 0 Å². The quantitative estimate of drug-likeness (QED) is 0.824. The van der Waals surface area contributed by atoms with Crippen LogP contribution < -0.4 is 0 Å². The van der Waals surface area contributed by atoms with Crippen molar-refractivity contribution in [1.29, 1.82) is 21.0 Å². The Morgan fingerprint density at radius 1 is 1.05 bits per heavy atom. The van der Waals surface area contributed by atoms with Gasteiger partial charge in [0.05, 0.1) is 30.2 Å². The largest absolute Gasteiger partial charge is 0.299 e. The number of rotatable bonds is 4. The number of hydrogen-bond donors (Lipinski definition) is 0. The first kappa shape index (κ1) is 14.9. The Labute approximate surface area is 116 Å². The van der Waals surface area contributed by atoms with Crippen LogP contribution in [0.3, 0.4) is 0 Å². The SMILES string of the molecule is CC(=O)[C@H](c1ccccc1)C(C#N)(C#N)C(C#N)C#N. The lowest BCUT2D eigenvalue weighted by atomic mass is 9.65. The summed E-state index contributed by atoms with van der Waals surface area (Å²) in [6.07, 6.45) is 0. The Kier molecular flexibility index (Phi) is 4.58. The van der Waals surface area contributed by atoms with E-state index in [1.165, 1.54) is 6.92 Å². The van der Waals surface area contributed by atoms with Gasteiger partial charge in [0.1, 0.15) is 5.78 Å². The smallest absolute Gasteiger partial charge is 0.186 e. The third-order valence-corrected chi connectivity index (χ3v) is 3.08. The van der Waals surface area contributed by atoms with Crippen LogP contribution in [0.5, 0.6) is 0 Å². The molecule has 0 amide bonds. The van der Waals surface area contributed by atoms with Crippen LogP contribution in [-0.4, -0.2) is 5.78 Å². The van der Waals surface area contributed by atoms with E-state index in [2.05, 4.69) is 0 Å². The lowest BCUT2D eigenvalue weighted by Crippen LogP contribution is -2.36. The maximum atomic E-state index is 11.9. The summed E-state index contributed by atoms with van der Waals surface area (Å²) in [5.41, 5.74) is -1.57. The second-order valence-corrected chi connectivity index (χ2v) is 4.24. The summed E-state index contributed by atoms with van der Waals surface area (Å²) in [6.45, 7) is 1.24. The summed E-state index contributed by atoms with van der Waals surface area (Å²) < 4.78 is 0. The minimum atomic E-state index is -2.02. The minimum absolute atomic E-state index is 0.435. The third-order valence-electron chi connectivity index (χ3n) is 3.08. The van der Waals surface area contributed by atoms with Crippen molar-refractivity contribution in [3.05, 3.63) is 35.9 Å². The molecule has 0 radical (unpaired) electrons. The first-order chi connectivity index (χ1) is 9.57. The fourth-order valence-electron chi connectivity index (χ4n) is 2.15. The number of benzene rings is 1. The molecule has 1 aromatic rings. The molecule has 1 rings (SSSR count). The van der Waals surface area contributed by atoms with Gasteiger partial charge in [-0.25, -0.2) is 0 Å². The fourth-order valence-corrected chi connectivity index (χ4v) is 2.15. The Morgan fingerprint density at radius 3 is 1.90 bits per heavy atom. The molecule has 5 nitrogen and oxygen atoms in total. The molecule has 0 N–H and O–H groups in total. The Bertz CT molecular complexity index is 639. The minimum Gasteiger partial charge on any atom is -0.299 e. The predicted octanol–water partition coefficient (Wildman–Crippen LogP) is 2.06. The maximum absolute atomic E-state index is 11.9. The molecule has 0 unspecified atom stereocenters. The number of nitrogens with zero attached hydrogens (tertiary/aromatic N) is 4. The van der Waals surface area contributed by atoms with Gasteiger partial charge >= 0.3 is 0 Å². The molecule has 0 aromatic heterocycles. The van der Waals surface area contributed by atoms with Crippen LogP contribution in [0.25, 0.3) is 0 Å². The first-order valence-corrected chi connectivity index (χ1v) is 5.74. The lowest BCUT2D eigenvalue weighted by Gasteiger charge is -2.28. The Hall–Kier alpha value is -3.15. The van der Waals surface area contributed by atoms with E-state index < -0.39 is 23.0 Å². The molecule has 1 atom stereocenters. The van der Waals surface area contributed by atoms with Crippen LogP contribution in [0.1, 0.15) is 18.4 Å². The molecule has 20 heavy (non-hydrogen) atoms. The lowest BCUT2D eigenvalue weighted by molar-refractivity contribution is -0.120. The van der Waals surface area contributed by atoms with Crippen molar-refractivity contribution in [1.82, 2.24) is 0 Å². The summed E-state index contributed by atoms with van der Waals surface area (Å²) in [7, 11) is 0. The van der Waals surface area contributed by atoms with Crippen LogP contribution in [0.15, 0.2) is 30.3 Å². The third kappa shape index (κ3) is 2.35. The first-order valence-electron chi connectivity index (χ1n) is 5.74. The summed E-state index contributed by atoms with van der Waals surface area (Å²) in [5.74, 6) is -3.08. The monoisotopic (exact) mass is 262 g/mol. The number of carbonyl (C=O) groups excluding carboxylic acids is 1. The van der Waals surface area contributed by atoms with Crippen molar-refractivity contribution in [2.75, 3.05) is 0 Å². The second kappa shape index (κ2) is 6.14. The molecule has 0 heterocycles. The van der Waals surface area contributed by atoms with Crippen molar-refractivity contribution in [2.45, 2.75) is 12.8 Å². The number of ketones is 1. The van der Waals surface area contributed by atoms with Gasteiger partial charge in [-0.05, 0) is 12.5 Å². The van der Waals surface area contributed by atoms with Crippen LogP contribution in [0, 0.1) is 56.7 Å². The van der Waals surface area contributed by atoms with Crippen molar-refractivity contribution < 1.29 is 4.79 Å². The van der Waals surface area contributed by atoms with E-state index in [1.807, 2.05) is 0 Å². The molecule has 0 saturated heterocycles. The van der Waals surface area contributed by atoms with Gasteiger partial charge in [-0.15, -0.1) is 0 Å². The highest BCUT2D eigenvalue weighted by Crippen LogP contribution is 2.42. The molecule has 0 aliphatic carbocycles. The van der Waals surface area contributed by atoms with Crippen LogP contribution in [0.2, 0.25) is 0 Å². The molecule has 1 aromatic carbocycles. The zero-order valence-corrected chi connectivity index (χ0v) is 10.7. The normalized spacial score (nSPS) is 11.5. The van der Waals surface area contributed by atoms with Gasteiger partial charge in [-0.1, -0.05) is 30.3 Å². The summed E-state index contributed by atoms with van der Waals surface area (Å²) >= 11 is 0. The van der Waals surface area contributed by atoms with E-state index in [0.29, 0.717) is 5.56 Å². The van der Waals surface area contributed by atoms with Crippen molar-refractivity contribution >= 4 is 5.78 Å². The van der Waals surface area contributed by atoms with Crippen molar-refractivity contribution in [3.8, 4) is 24.3 Å². The molecule has 0 fully saturated rings. The van der Waals surface area contributed by atoms with Gasteiger partial charge in [-0.2, -0.15) is 21.0 Å². The van der Waals surface area contributed by atoms with E-state index in [4.69, 9.17) is 10.5 Å². The van der Waals surface area contributed by atoms with Crippen LogP contribution in [-0.2, 0) is 4.79 Å². The maximum Gasteiger partial charge on any atom is 0.186 e. The van der Waals surface area contributed by atoms with Crippen LogP contribution in [0.4, 0.5) is 0 Å². The van der Waals surface area contributed by atoms with Crippen molar-refractivity contribution in [3.63, 3.8) is 0 Å². The van der Waals surface area contributed by atoms with Gasteiger partial charge in [0.2, 0.25) is 0 Å². The molecule has 0 saturated carbocycles. The van der Waals surface area contributed by atoms with Crippen molar-refractivity contribution in [2.24, 2.45) is 11.3 Å². The average molecular weight is 262 g/mol. The van der Waals surface area contributed by atoms with Gasteiger partial charge < -0.3 is 0 Å². The van der Waals surface area contributed by atoms with E-state index in [0.717, 1.165) is 0 Å². The highest BCUT2D eigenvalue weighted by Gasteiger charge is 2.50. The highest BCUT2D eigenvalue weighted by molar-refractivity contribution is 5.86. The van der Waals surface area contributed by atoms with Gasteiger partial charge in [0.15, 0.2) is 11.3 Å². The van der Waals surface area contributed by atoms with E-state index >= 15 is 0 Å². The number of Topliss-reactive ketones (excluding diaryl/α,β-unsaturated/α-hetero) is 1. The molecule has 5 heteroatoms. The molecule has 0 aliphatic rings. The zero-order valence-electron chi connectivity index (χ0n) is 10.7. The number of hydrogen-bond acceptors (Lipinski definition) is 5. The molecule has 0 bridgehead atoms. The van der Waals surface area contributed by atoms with E-state index in [-0.39, 0.29) is 0 Å². The fraction of sp³-hybridized carbons (Fsp3) is 0.267. The number of carbonyl (C=O) groups is 1. The van der Waals surface area contributed by atoms with E-state index in [9.17, 15) is 15.3 Å². The summed E-state index contributed by atoms with van der Waals surface area (Å²) in [5, 5.41) is 36.8. The topological polar surface area (TPSA) is 112 Å². The predicted molar refractivity (Wildman–Crippen MR) is 68.2 cm³/mol. The van der Waals surface area contributed by atoms with Gasteiger partial charge in [-0.3, -0.25) is 4.79 Å². The molecule has 0 aliphatic heterocycles. The summed E-state index contributed by atoms with van der Waals surface area (Å²) in [4.78, 5) is 11.9. The average Bonchev–Trinajstić information content (AvgIpc) is 2.47.